The topological polar surface area (TPSA) is 66.4 Å². The third kappa shape index (κ3) is 2.88. The Balaban J connectivity index is 1.62. The Bertz CT molecular complexity index is 700. The summed E-state index contributed by atoms with van der Waals surface area (Å²) >= 11 is 0. The van der Waals surface area contributed by atoms with Crippen molar-refractivity contribution in [2.24, 2.45) is 0 Å². The van der Waals surface area contributed by atoms with Gasteiger partial charge in [0.1, 0.15) is 11.4 Å². The fourth-order valence-electron chi connectivity index (χ4n) is 3.90. The first-order chi connectivity index (χ1) is 12.3. The van der Waals surface area contributed by atoms with E-state index in [-0.39, 0.29) is 23.9 Å². The van der Waals surface area contributed by atoms with E-state index in [2.05, 4.69) is 9.97 Å². The van der Waals surface area contributed by atoms with Gasteiger partial charge in [0.25, 0.3) is 11.8 Å². The molecule has 25 heavy (non-hydrogen) atoms. The number of fused-ring (bicyclic) bond motifs is 1. The van der Waals surface area contributed by atoms with Crippen LogP contribution in [0.3, 0.4) is 0 Å². The van der Waals surface area contributed by atoms with Gasteiger partial charge in [0.15, 0.2) is 0 Å². The van der Waals surface area contributed by atoms with Crippen molar-refractivity contribution in [3.63, 3.8) is 0 Å². The molecule has 1 aliphatic heterocycles. The van der Waals surface area contributed by atoms with Crippen molar-refractivity contribution in [2.75, 3.05) is 6.67 Å². The average molecular weight is 336 g/mol. The third-order valence-electron chi connectivity index (χ3n) is 5.09. The Morgan fingerprint density at radius 2 is 1.28 bits per heavy atom. The van der Waals surface area contributed by atoms with E-state index in [1.807, 2.05) is 21.9 Å². The monoisotopic (exact) mass is 336 g/mol. The summed E-state index contributed by atoms with van der Waals surface area (Å²) in [5.74, 6) is -0.206. The third-order valence-corrected chi connectivity index (χ3v) is 5.09. The van der Waals surface area contributed by atoms with Crippen molar-refractivity contribution in [3.8, 4) is 0 Å². The number of carbonyl (C=O) groups excluding carboxylic acids is 2. The molecule has 4 rings (SSSR count). The van der Waals surface area contributed by atoms with Gasteiger partial charge in [-0.15, -0.1) is 0 Å². The Morgan fingerprint density at radius 3 is 1.68 bits per heavy atom. The van der Waals surface area contributed by atoms with E-state index < -0.39 is 0 Å². The summed E-state index contributed by atoms with van der Waals surface area (Å²) in [6.45, 7) is 0.306. The molecule has 128 valence electrons. The molecule has 2 aliphatic rings. The standard InChI is InChI=1S/C19H20N4O2/c24-18(14-7-3-5-11-20-14)22-13-23(17-10-2-1-9-16(17)22)19(25)15-8-4-6-12-21-15/h3-8,11-12,16-17H,1-2,9-10,13H2. The lowest BCUT2D eigenvalue weighted by atomic mass is 9.90. The predicted molar refractivity (Wildman–Crippen MR) is 91.7 cm³/mol. The van der Waals surface area contributed by atoms with Crippen LogP contribution in [-0.2, 0) is 0 Å². The van der Waals surface area contributed by atoms with Crippen LogP contribution in [0.1, 0.15) is 46.7 Å². The van der Waals surface area contributed by atoms with E-state index in [1.165, 1.54) is 0 Å². The number of nitrogens with zero attached hydrogens (tertiary/aromatic N) is 4. The van der Waals surface area contributed by atoms with Crippen molar-refractivity contribution < 1.29 is 9.59 Å². The first-order valence-electron chi connectivity index (χ1n) is 8.70. The lowest BCUT2D eigenvalue weighted by Gasteiger charge is -2.31. The highest BCUT2D eigenvalue weighted by atomic mass is 16.2. The molecular formula is C19H20N4O2. The summed E-state index contributed by atoms with van der Waals surface area (Å²) in [6.07, 6.45) is 7.26. The fraction of sp³-hybridized carbons (Fsp3) is 0.368. The molecular weight excluding hydrogens is 316 g/mol. The maximum absolute atomic E-state index is 12.9. The van der Waals surface area contributed by atoms with Gasteiger partial charge in [-0.1, -0.05) is 25.0 Å². The van der Waals surface area contributed by atoms with Crippen LogP contribution < -0.4 is 0 Å². The zero-order valence-corrected chi connectivity index (χ0v) is 13.9. The first-order valence-corrected chi connectivity index (χ1v) is 8.70. The molecule has 1 aliphatic carbocycles. The van der Waals surface area contributed by atoms with Crippen molar-refractivity contribution in [1.29, 1.82) is 0 Å². The van der Waals surface area contributed by atoms with Gasteiger partial charge >= 0.3 is 0 Å². The normalized spacial score (nSPS) is 22.6. The van der Waals surface area contributed by atoms with E-state index >= 15 is 0 Å². The molecule has 2 aromatic rings. The van der Waals surface area contributed by atoms with Crippen LogP contribution in [0.2, 0.25) is 0 Å². The number of hydrogen-bond acceptors (Lipinski definition) is 4. The Kier molecular flexibility index (Phi) is 4.17. The maximum atomic E-state index is 12.9. The van der Waals surface area contributed by atoms with Gasteiger partial charge in [-0.25, -0.2) is 0 Å². The largest absolute Gasteiger partial charge is 0.314 e. The van der Waals surface area contributed by atoms with Crippen molar-refractivity contribution in [3.05, 3.63) is 60.2 Å². The minimum Gasteiger partial charge on any atom is -0.314 e. The van der Waals surface area contributed by atoms with Gasteiger partial charge < -0.3 is 9.80 Å². The summed E-state index contributed by atoms with van der Waals surface area (Å²) in [7, 11) is 0. The predicted octanol–water partition coefficient (Wildman–Crippen LogP) is 2.34. The van der Waals surface area contributed by atoms with E-state index in [1.54, 1.807) is 36.7 Å². The minimum atomic E-state index is -0.103. The quantitative estimate of drug-likeness (QED) is 0.844. The summed E-state index contributed by atoms with van der Waals surface area (Å²) < 4.78 is 0. The highest BCUT2D eigenvalue weighted by Gasteiger charge is 2.46. The van der Waals surface area contributed by atoms with Crippen molar-refractivity contribution >= 4 is 11.8 Å². The number of amides is 2. The van der Waals surface area contributed by atoms with Crippen LogP contribution in [0, 0.1) is 0 Å². The molecule has 0 N–H and O–H groups in total. The summed E-state index contributed by atoms with van der Waals surface area (Å²) in [5, 5.41) is 0. The van der Waals surface area contributed by atoms with E-state index in [4.69, 9.17) is 0 Å². The Labute approximate surface area is 146 Å². The smallest absolute Gasteiger partial charge is 0.274 e. The molecule has 2 atom stereocenters. The molecule has 3 heterocycles. The molecule has 1 saturated carbocycles. The molecule has 6 heteroatoms. The second-order valence-corrected chi connectivity index (χ2v) is 6.54. The highest BCUT2D eigenvalue weighted by Crippen LogP contribution is 2.34. The molecule has 0 spiro atoms. The van der Waals surface area contributed by atoms with Gasteiger partial charge in [-0.3, -0.25) is 19.6 Å². The molecule has 6 nitrogen and oxygen atoms in total. The van der Waals surface area contributed by atoms with Gasteiger partial charge in [0.2, 0.25) is 0 Å². The fourth-order valence-corrected chi connectivity index (χ4v) is 3.90. The molecule has 1 saturated heterocycles. The van der Waals surface area contributed by atoms with Crippen LogP contribution in [0.4, 0.5) is 0 Å². The molecule has 2 fully saturated rings. The number of aromatic nitrogens is 2. The van der Waals surface area contributed by atoms with E-state index in [9.17, 15) is 9.59 Å². The molecule has 2 amide bonds. The number of hydrogen-bond donors (Lipinski definition) is 0. The Morgan fingerprint density at radius 1 is 0.800 bits per heavy atom. The Hall–Kier alpha value is -2.76. The van der Waals surface area contributed by atoms with Crippen LogP contribution in [0.25, 0.3) is 0 Å². The van der Waals surface area contributed by atoms with E-state index in [0.29, 0.717) is 18.1 Å². The average Bonchev–Trinajstić information content (AvgIpc) is 3.08. The van der Waals surface area contributed by atoms with Crippen LogP contribution in [-0.4, -0.2) is 50.3 Å². The molecule has 0 bridgehead atoms. The molecule has 0 radical (unpaired) electrons. The zero-order valence-electron chi connectivity index (χ0n) is 13.9. The van der Waals surface area contributed by atoms with Crippen molar-refractivity contribution in [2.45, 2.75) is 37.8 Å². The SMILES string of the molecule is O=C(c1ccccn1)N1CN(C(=O)c2ccccn2)C2CCCCC21. The van der Waals surface area contributed by atoms with Gasteiger partial charge in [0, 0.05) is 12.4 Å². The number of rotatable bonds is 2. The van der Waals surface area contributed by atoms with Crippen molar-refractivity contribution in [1.82, 2.24) is 19.8 Å². The van der Waals surface area contributed by atoms with Gasteiger partial charge in [0.05, 0.1) is 18.8 Å². The number of pyridine rings is 2. The zero-order chi connectivity index (χ0) is 17.2. The molecule has 2 unspecified atom stereocenters. The highest BCUT2D eigenvalue weighted by molar-refractivity contribution is 5.95. The minimum absolute atomic E-state index is 0.0657. The molecule has 2 aromatic heterocycles. The lowest BCUT2D eigenvalue weighted by molar-refractivity contribution is 0.0664. The second kappa shape index (κ2) is 6.63. The van der Waals surface area contributed by atoms with Crippen LogP contribution >= 0.6 is 0 Å². The van der Waals surface area contributed by atoms with Crippen LogP contribution in [0.5, 0.6) is 0 Å². The van der Waals surface area contributed by atoms with Crippen LogP contribution in [0.15, 0.2) is 48.8 Å². The lowest BCUT2D eigenvalue weighted by Crippen LogP contribution is -2.43. The summed E-state index contributed by atoms with van der Waals surface area (Å²) in [4.78, 5) is 37.8. The number of carbonyl (C=O) groups is 2. The second-order valence-electron chi connectivity index (χ2n) is 6.54. The van der Waals surface area contributed by atoms with Gasteiger partial charge in [-0.05, 0) is 37.1 Å². The maximum Gasteiger partial charge on any atom is 0.274 e. The van der Waals surface area contributed by atoms with Gasteiger partial charge in [-0.2, -0.15) is 0 Å². The summed E-state index contributed by atoms with van der Waals surface area (Å²) in [5.41, 5.74) is 0.859. The molecule has 0 aromatic carbocycles. The summed E-state index contributed by atoms with van der Waals surface area (Å²) in [6, 6.07) is 10.8. The van der Waals surface area contributed by atoms with E-state index in [0.717, 1.165) is 25.7 Å². The first kappa shape index (κ1) is 15.7.